The molecule has 104 valence electrons. The average Bonchev–Trinajstić information content (AvgIpc) is 3.12. The molecule has 1 aromatic rings. The van der Waals surface area contributed by atoms with Crippen LogP contribution in [-0.2, 0) is 17.6 Å². The summed E-state index contributed by atoms with van der Waals surface area (Å²) in [5, 5.41) is 9.74. The molecule has 0 N–H and O–H groups in total. The van der Waals surface area contributed by atoms with Gasteiger partial charge in [-0.05, 0) is 48.9 Å². The molecule has 3 heterocycles. The van der Waals surface area contributed by atoms with Gasteiger partial charge in [-0.15, -0.1) is 0 Å². The van der Waals surface area contributed by atoms with E-state index in [2.05, 4.69) is 34.1 Å². The second kappa shape index (κ2) is 4.47. The molecule has 2 saturated heterocycles. The summed E-state index contributed by atoms with van der Waals surface area (Å²) in [6, 6.07) is 6.81. The molecule has 0 aromatic heterocycles. The minimum atomic E-state index is -0.358. The Morgan fingerprint density at radius 3 is 3.00 bits per heavy atom. The molecule has 3 unspecified atom stereocenters. The summed E-state index contributed by atoms with van der Waals surface area (Å²) in [7, 11) is 0. The SMILES string of the molecule is N#CC1(Cc2cc(Br)cc3c2OCC3)CC2CCC1O2. The summed E-state index contributed by atoms with van der Waals surface area (Å²) >= 11 is 3.58. The molecular formula is C16H16BrNO2. The predicted molar refractivity (Wildman–Crippen MR) is 77.6 cm³/mol. The van der Waals surface area contributed by atoms with E-state index in [0.29, 0.717) is 6.10 Å². The van der Waals surface area contributed by atoms with Gasteiger partial charge in [-0.25, -0.2) is 0 Å². The lowest BCUT2D eigenvalue weighted by molar-refractivity contribution is 0.0786. The van der Waals surface area contributed by atoms with Gasteiger partial charge in [0.05, 0.1) is 30.3 Å². The molecule has 4 rings (SSSR count). The number of nitriles is 1. The van der Waals surface area contributed by atoms with Crippen molar-refractivity contribution in [3.8, 4) is 11.8 Å². The minimum absolute atomic E-state index is 0.105. The monoisotopic (exact) mass is 333 g/mol. The highest BCUT2D eigenvalue weighted by molar-refractivity contribution is 9.10. The van der Waals surface area contributed by atoms with Gasteiger partial charge in [-0.2, -0.15) is 5.26 Å². The predicted octanol–water partition coefficient (Wildman–Crippen LogP) is 3.39. The Morgan fingerprint density at radius 1 is 1.40 bits per heavy atom. The van der Waals surface area contributed by atoms with Gasteiger partial charge in [0.15, 0.2) is 0 Å². The minimum Gasteiger partial charge on any atom is -0.493 e. The molecule has 3 nitrogen and oxygen atoms in total. The number of hydrogen-bond acceptors (Lipinski definition) is 3. The first-order chi connectivity index (χ1) is 9.70. The summed E-state index contributed by atoms with van der Waals surface area (Å²) in [6.07, 6.45) is 5.11. The van der Waals surface area contributed by atoms with Crippen molar-refractivity contribution < 1.29 is 9.47 Å². The maximum Gasteiger partial charge on any atom is 0.125 e. The van der Waals surface area contributed by atoms with Crippen LogP contribution in [0.3, 0.4) is 0 Å². The van der Waals surface area contributed by atoms with Crippen molar-refractivity contribution >= 4 is 15.9 Å². The quantitative estimate of drug-likeness (QED) is 0.833. The standard InChI is InChI=1S/C16H16BrNO2/c17-12-5-10-3-4-19-15(10)11(6-12)7-16(9-18)8-13-1-2-14(16)20-13/h5-6,13-14H,1-4,7-8H2. The van der Waals surface area contributed by atoms with Gasteiger partial charge in [-0.1, -0.05) is 15.9 Å². The fourth-order valence-electron chi connectivity index (χ4n) is 3.96. The Balaban J connectivity index is 1.71. The summed E-state index contributed by atoms with van der Waals surface area (Å²) in [5.74, 6) is 1.01. The van der Waals surface area contributed by atoms with Gasteiger partial charge in [0.25, 0.3) is 0 Å². The van der Waals surface area contributed by atoms with Gasteiger partial charge in [-0.3, -0.25) is 0 Å². The van der Waals surface area contributed by atoms with Crippen LogP contribution in [0.25, 0.3) is 0 Å². The summed E-state index contributed by atoms with van der Waals surface area (Å²) in [6.45, 7) is 0.751. The highest BCUT2D eigenvalue weighted by Gasteiger charge is 2.53. The number of rotatable bonds is 2. The molecule has 3 aliphatic rings. The Hall–Kier alpha value is -1.05. The van der Waals surface area contributed by atoms with E-state index < -0.39 is 0 Å². The first kappa shape index (κ1) is 12.7. The highest BCUT2D eigenvalue weighted by Crippen LogP contribution is 2.50. The number of benzene rings is 1. The van der Waals surface area contributed by atoms with Gasteiger partial charge in [0.2, 0.25) is 0 Å². The van der Waals surface area contributed by atoms with Crippen LogP contribution < -0.4 is 4.74 Å². The van der Waals surface area contributed by atoms with E-state index in [1.807, 2.05) is 0 Å². The highest BCUT2D eigenvalue weighted by atomic mass is 79.9. The maximum absolute atomic E-state index is 9.74. The normalized spacial score (nSPS) is 33.8. The van der Waals surface area contributed by atoms with E-state index in [9.17, 15) is 5.26 Å². The van der Waals surface area contributed by atoms with E-state index >= 15 is 0 Å². The fourth-order valence-corrected chi connectivity index (χ4v) is 4.51. The lowest BCUT2D eigenvalue weighted by atomic mass is 9.71. The van der Waals surface area contributed by atoms with Crippen molar-refractivity contribution in [2.75, 3.05) is 6.61 Å². The van der Waals surface area contributed by atoms with E-state index in [4.69, 9.17) is 9.47 Å². The summed E-state index contributed by atoms with van der Waals surface area (Å²) < 4.78 is 12.8. The number of hydrogen-bond donors (Lipinski definition) is 0. The molecule has 3 atom stereocenters. The number of ether oxygens (including phenoxy) is 2. The largest absolute Gasteiger partial charge is 0.493 e. The molecule has 3 aliphatic heterocycles. The van der Waals surface area contributed by atoms with Crippen molar-refractivity contribution in [1.82, 2.24) is 0 Å². The molecule has 0 aliphatic carbocycles. The number of nitrogens with zero attached hydrogens (tertiary/aromatic N) is 1. The lowest BCUT2D eigenvalue weighted by Gasteiger charge is -2.28. The zero-order chi connectivity index (χ0) is 13.7. The van der Waals surface area contributed by atoms with Crippen molar-refractivity contribution in [3.63, 3.8) is 0 Å². The molecule has 0 spiro atoms. The molecular weight excluding hydrogens is 318 g/mol. The number of halogens is 1. The average molecular weight is 334 g/mol. The third-order valence-electron chi connectivity index (χ3n) is 4.87. The van der Waals surface area contributed by atoms with Crippen LogP contribution in [0.4, 0.5) is 0 Å². The fraction of sp³-hybridized carbons (Fsp3) is 0.562. The Kier molecular flexibility index (Phi) is 2.84. The van der Waals surface area contributed by atoms with Crippen LogP contribution in [0, 0.1) is 16.7 Å². The van der Waals surface area contributed by atoms with Crippen LogP contribution >= 0.6 is 15.9 Å². The Bertz CT molecular complexity index is 609. The molecule has 4 heteroatoms. The topological polar surface area (TPSA) is 42.2 Å². The summed E-state index contributed by atoms with van der Waals surface area (Å²) in [4.78, 5) is 0. The zero-order valence-electron chi connectivity index (χ0n) is 11.2. The van der Waals surface area contributed by atoms with Crippen LogP contribution in [0.5, 0.6) is 5.75 Å². The van der Waals surface area contributed by atoms with Crippen molar-refractivity contribution in [3.05, 3.63) is 27.7 Å². The third-order valence-corrected chi connectivity index (χ3v) is 5.33. The summed E-state index contributed by atoms with van der Waals surface area (Å²) in [5.41, 5.74) is 2.06. The number of fused-ring (bicyclic) bond motifs is 3. The van der Waals surface area contributed by atoms with Crippen molar-refractivity contribution in [2.24, 2.45) is 5.41 Å². The molecule has 0 amide bonds. The zero-order valence-corrected chi connectivity index (χ0v) is 12.8. The van der Waals surface area contributed by atoms with Gasteiger partial charge >= 0.3 is 0 Å². The molecule has 1 aromatic carbocycles. The van der Waals surface area contributed by atoms with E-state index in [1.54, 1.807) is 0 Å². The lowest BCUT2D eigenvalue weighted by Crippen LogP contribution is -2.33. The Labute approximate surface area is 127 Å². The third kappa shape index (κ3) is 1.80. The van der Waals surface area contributed by atoms with Gasteiger partial charge in [0, 0.05) is 10.9 Å². The van der Waals surface area contributed by atoms with E-state index in [0.717, 1.165) is 54.5 Å². The van der Waals surface area contributed by atoms with Crippen LogP contribution in [0.1, 0.15) is 30.4 Å². The second-order valence-corrected chi connectivity index (χ2v) is 7.04. The molecule has 2 fully saturated rings. The smallest absolute Gasteiger partial charge is 0.125 e. The second-order valence-electron chi connectivity index (χ2n) is 6.12. The van der Waals surface area contributed by atoms with Crippen LogP contribution in [0.2, 0.25) is 0 Å². The van der Waals surface area contributed by atoms with Crippen molar-refractivity contribution in [1.29, 1.82) is 5.26 Å². The van der Waals surface area contributed by atoms with Crippen molar-refractivity contribution in [2.45, 2.75) is 44.3 Å². The molecule has 0 radical (unpaired) electrons. The molecule has 0 saturated carbocycles. The van der Waals surface area contributed by atoms with Gasteiger partial charge < -0.3 is 9.47 Å². The Morgan fingerprint density at radius 2 is 2.30 bits per heavy atom. The van der Waals surface area contributed by atoms with E-state index in [-0.39, 0.29) is 11.5 Å². The van der Waals surface area contributed by atoms with Crippen LogP contribution in [-0.4, -0.2) is 18.8 Å². The van der Waals surface area contributed by atoms with Crippen LogP contribution in [0.15, 0.2) is 16.6 Å². The maximum atomic E-state index is 9.74. The first-order valence-electron chi connectivity index (χ1n) is 7.21. The molecule has 2 bridgehead atoms. The first-order valence-corrected chi connectivity index (χ1v) is 8.00. The molecule has 20 heavy (non-hydrogen) atoms. The van der Waals surface area contributed by atoms with E-state index in [1.165, 1.54) is 5.56 Å². The van der Waals surface area contributed by atoms with Gasteiger partial charge in [0.1, 0.15) is 5.75 Å².